The molecule has 1 aliphatic heterocycles. The van der Waals surface area contributed by atoms with E-state index in [-0.39, 0.29) is 43.3 Å². The van der Waals surface area contributed by atoms with Crippen molar-refractivity contribution in [3.8, 4) is 0 Å². The molecule has 2 amide bonds. The molecule has 5 nitrogen and oxygen atoms in total. The number of nitrogens with zero attached hydrogens (tertiary/aromatic N) is 1. The quantitative estimate of drug-likeness (QED) is 0.595. The number of hydrogen-bond donors (Lipinski definition) is 0. The third-order valence-electron chi connectivity index (χ3n) is 4.22. The van der Waals surface area contributed by atoms with Crippen LogP contribution in [0.5, 0.6) is 0 Å². The predicted octanol–water partition coefficient (Wildman–Crippen LogP) is 2.38. The van der Waals surface area contributed by atoms with Crippen LogP contribution in [-0.2, 0) is 25.7 Å². The molecular weight excluding hydrogens is 306 g/mol. The van der Waals surface area contributed by atoms with Gasteiger partial charge in [0, 0.05) is 18.5 Å². The van der Waals surface area contributed by atoms with Crippen molar-refractivity contribution >= 4 is 17.8 Å². The summed E-state index contributed by atoms with van der Waals surface area (Å²) in [5, 5.41) is 0. The number of carbonyl (C=O) groups is 3. The molecule has 0 radical (unpaired) electrons. The molecule has 1 saturated heterocycles. The summed E-state index contributed by atoms with van der Waals surface area (Å²) < 4.78 is 5.19. The van der Waals surface area contributed by atoms with E-state index in [2.05, 4.69) is 0 Å². The van der Waals surface area contributed by atoms with Crippen LogP contribution in [0, 0.1) is 5.92 Å². The molecule has 0 bridgehead atoms. The number of rotatable bonds is 6. The van der Waals surface area contributed by atoms with E-state index in [1.54, 1.807) is 6.08 Å². The molecule has 2 aliphatic rings. The van der Waals surface area contributed by atoms with Crippen LogP contribution in [0.1, 0.15) is 24.8 Å². The Morgan fingerprint density at radius 3 is 2.75 bits per heavy atom. The summed E-state index contributed by atoms with van der Waals surface area (Å²) in [5.41, 5.74) is 1.49. The van der Waals surface area contributed by atoms with Gasteiger partial charge in [0.25, 0.3) is 5.91 Å². The Bertz CT molecular complexity index is 705. The molecule has 3 rings (SSSR count). The fourth-order valence-corrected chi connectivity index (χ4v) is 2.93. The molecule has 1 heterocycles. The Kier molecular flexibility index (Phi) is 4.89. The van der Waals surface area contributed by atoms with Crippen molar-refractivity contribution in [2.24, 2.45) is 5.92 Å². The van der Waals surface area contributed by atoms with Crippen molar-refractivity contribution in [2.45, 2.75) is 25.9 Å². The summed E-state index contributed by atoms with van der Waals surface area (Å²) in [6.45, 7) is 0.494. The minimum absolute atomic E-state index is 0.159. The third-order valence-corrected chi connectivity index (χ3v) is 4.22. The van der Waals surface area contributed by atoms with Gasteiger partial charge in [0.15, 0.2) is 0 Å². The number of esters is 1. The van der Waals surface area contributed by atoms with Gasteiger partial charge in [-0.25, -0.2) is 0 Å². The first-order valence-corrected chi connectivity index (χ1v) is 8.09. The highest BCUT2D eigenvalue weighted by Gasteiger charge is 2.42. The summed E-state index contributed by atoms with van der Waals surface area (Å²) in [6.07, 6.45) is 6.59. The number of imide groups is 1. The number of hydrogen-bond acceptors (Lipinski definition) is 4. The number of benzene rings is 1. The van der Waals surface area contributed by atoms with E-state index in [0.29, 0.717) is 18.4 Å². The Morgan fingerprint density at radius 2 is 2.00 bits per heavy atom. The minimum Gasteiger partial charge on any atom is -0.461 e. The van der Waals surface area contributed by atoms with Crippen LogP contribution in [0.4, 0.5) is 0 Å². The van der Waals surface area contributed by atoms with Gasteiger partial charge in [0.1, 0.15) is 6.61 Å². The molecule has 5 heteroatoms. The molecule has 0 saturated carbocycles. The van der Waals surface area contributed by atoms with Crippen LogP contribution in [0.25, 0.3) is 0 Å². The summed E-state index contributed by atoms with van der Waals surface area (Å²) in [7, 11) is 0. The first-order chi connectivity index (χ1) is 11.7. The van der Waals surface area contributed by atoms with E-state index in [0.717, 1.165) is 5.56 Å². The SMILES string of the molecule is O=C(CCCN1C(=O)C2=CC=CCC2C1=O)OCc1ccccc1. The molecule has 1 unspecified atom stereocenters. The van der Waals surface area contributed by atoms with Crippen molar-refractivity contribution in [1.82, 2.24) is 4.90 Å². The lowest BCUT2D eigenvalue weighted by molar-refractivity contribution is -0.146. The number of carbonyl (C=O) groups excluding carboxylic acids is 3. The van der Waals surface area contributed by atoms with Gasteiger partial charge >= 0.3 is 5.97 Å². The third kappa shape index (κ3) is 3.45. The van der Waals surface area contributed by atoms with E-state index in [4.69, 9.17) is 4.74 Å². The van der Waals surface area contributed by atoms with Gasteiger partial charge in [-0.05, 0) is 18.4 Å². The van der Waals surface area contributed by atoms with Gasteiger partial charge in [0.05, 0.1) is 5.92 Å². The van der Waals surface area contributed by atoms with Gasteiger partial charge in [-0.15, -0.1) is 0 Å². The number of likely N-dealkylation sites (tertiary alicyclic amines) is 1. The highest BCUT2D eigenvalue weighted by atomic mass is 16.5. The second-order valence-corrected chi connectivity index (χ2v) is 5.88. The van der Waals surface area contributed by atoms with Crippen molar-refractivity contribution < 1.29 is 19.1 Å². The first kappa shape index (κ1) is 16.2. The summed E-state index contributed by atoms with van der Waals surface area (Å²) in [4.78, 5) is 37.5. The Hall–Kier alpha value is -2.69. The van der Waals surface area contributed by atoms with E-state index >= 15 is 0 Å². The maximum Gasteiger partial charge on any atom is 0.306 e. The van der Waals surface area contributed by atoms with E-state index in [1.165, 1.54) is 4.90 Å². The largest absolute Gasteiger partial charge is 0.461 e. The van der Waals surface area contributed by atoms with Crippen LogP contribution in [-0.4, -0.2) is 29.2 Å². The van der Waals surface area contributed by atoms with Crippen LogP contribution in [0.2, 0.25) is 0 Å². The fraction of sp³-hybridized carbons (Fsp3) is 0.316. The van der Waals surface area contributed by atoms with E-state index in [1.807, 2.05) is 42.5 Å². The lowest BCUT2D eigenvalue weighted by Gasteiger charge is -2.13. The average Bonchev–Trinajstić information content (AvgIpc) is 2.86. The van der Waals surface area contributed by atoms with Crippen molar-refractivity contribution in [3.63, 3.8) is 0 Å². The zero-order chi connectivity index (χ0) is 16.9. The standard InChI is InChI=1S/C19H19NO4/c21-17(24-13-14-7-2-1-3-8-14)11-6-12-20-18(22)15-9-4-5-10-16(15)19(20)23/h1-5,7-9,16H,6,10-13H2. The van der Waals surface area contributed by atoms with E-state index < -0.39 is 0 Å². The van der Waals surface area contributed by atoms with Crippen LogP contribution >= 0.6 is 0 Å². The zero-order valence-electron chi connectivity index (χ0n) is 13.3. The van der Waals surface area contributed by atoms with Gasteiger partial charge in [0.2, 0.25) is 5.91 Å². The molecular formula is C19H19NO4. The molecule has 124 valence electrons. The van der Waals surface area contributed by atoms with Gasteiger partial charge < -0.3 is 4.74 Å². The number of amides is 2. The molecule has 1 fully saturated rings. The molecule has 0 aromatic heterocycles. The summed E-state index contributed by atoms with van der Waals surface area (Å²) in [6, 6.07) is 9.45. The minimum atomic E-state index is -0.340. The van der Waals surface area contributed by atoms with Gasteiger partial charge in [-0.2, -0.15) is 0 Å². The molecule has 1 aromatic carbocycles. The van der Waals surface area contributed by atoms with Crippen molar-refractivity contribution in [3.05, 3.63) is 59.7 Å². The number of ether oxygens (including phenoxy) is 1. The van der Waals surface area contributed by atoms with Crippen LogP contribution < -0.4 is 0 Å². The highest BCUT2D eigenvalue weighted by Crippen LogP contribution is 2.31. The molecule has 1 atom stereocenters. The number of fused-ring (bicyclic) bond motifs is 1. The average molecular weight is 325 g/mol. The van der Waals surface area contributed by atoms with Gasteiger partial charge in [-0.1, -0.05) is 48.6 Å². The van der Waals surface area contributed by atoms with Crippen LogP contribution in [0.15, 0.2) is 54.1 Å². The zero-order valence-corrected chi connectivity index (χ0v) is 13.3. The van der Waals surface area contributed by atoms with Gasteiger partial charge in [-0.3, -0.25) is 19.3 Å². The fourth-order valence-electron chi connectivity index (χ4n) is 2.93. The summed E-state index contributed by atoms with van der Waals surface area (Å²) in [5.74, 6) is -1.05. The first-order valence-electron chi connectivity index (χ1n) is 8.09. The van der Waals surface area contributed by atoms with Crippen molar-refractivity contribution in [2.75, 3.05) is 6.54 Å². The highest BCUT2D eigenvalue weighted by molar-refractivity contribution is 6.15. The smallest absolute Gasteiger partial charge is 0.306 e. The monoisotopic (exact) mass is 325 g/mol. The summed E-state index contributed by atoms with van der Waals surface area (Å²) >= 11 is 0. The maximum absolute atomic E-state index is 12.3. The maximum atomic E-state index is 12.3. The Balaban J connectivity index is 1.44. The molecule has 24 heavy (non-hydrogen) atoms. The topological polar surface area (TPSA) is 63.7 Å². The normalized spacial score (nSPS) is 19.2. The van der Waals surface area contributed by atoms with Crippen LogP contribution in [0.3, 0.4) is 0 Å². The second-order valence-electron chi connectivity index (χ2n) is 5.88. The Morgan fingerprint density at radius 1 is 1.21 bits per heavy atom. The lowest BCUT2D eigenvalue weighted by Crippen LogP contribution is -2.32. The molecule has 1 aliphatic carbocycles. The number of allylic oxidation sites excluding steroid dienone is 3. The molecule has 0 spiro atoms. The molecule has 1 aromatic rings. The van der Waals surface area contributed by atoms with E-state index in [9.17, 15) is 14.4 Å². The van der Waals surface area contributed by atoms with Crippen molar-refractivity contribution in [1.29, 1.82) is 0 Å². The second kappa shape index (κ2) is 7.25. The Labute approximate surface area is 140 Å². The molecule has 0 N–H and O–H groups in total. The lowest BCUT2D eigenvalue weighted by atomic mass is 9.94. The predicted molar refractivity (Wildman–Crippen MR) is 87.5 cm³/mol.